The van der Waals surface area contributed by atoms with Crippen LogP contribution in [0.25, 0.3) is 0 Å². The Hall–Kier alpha value is -0.750. The highest BCUT2D eigenvalue weighted by Gasteiger charge is 2.30. The van der Waals surface area contributed by atoms with Gasteiger partial charge in [-0.05, 0) is 36.7 Å². The van der Waals surface area contributed by atoms with Crippen molar-refractivity contribution in [3.05, 3.63) is 28.2 Å². The smallest absolute Gasteiger partial charge is 0.401 e. The van der Waals surface area contributed by atoms with Crippen LogP contribution in [0.4, 0.5) is 13.2 Å². The lowest BCUT2D eigenvalue weighted by Crippen LogP contribution is -2.34. The highest BCUT2D eigenvalue weighted by Crippen LogP contribution is 2.25. The Labute approximate surface area is 113 Å². The summed E-state index contributed by atoms with van der Waals surface area (Å²) in [5.41, 5.74) is 0.646. The Balaban J connectivity index is 2.79. The summed E-state index contributed by atoms with van der Waals surface area (Å²) in [5, 5.41) is 9.35. The van der Waals surface area contributed by atoms with E-state index in [1.165, 1.54) is 17.0 Å². The third-order valence-electron chi connectivity index (χ3n) is 2.37. The van der Waals surface area contributed by atoms with E-state index in [9.17, 15) is 18.3 Å². The summed E-state index contributed by atoms with van der Waals surface area (Å²) in [7, 11) is 0. The first-order chi connectivity index (χ1) is 8.31. The predicted molar refractivity (Wildman–Crippen MR) is 67.4 cm³/mol. The molecule has 102 valence electrons. The molecule has 0 radical (unpaired) electrons. The summed E-state index contributed by atoms with van der Waals surface area (Å²) < 4.78 is 37.9. The summed E-state index contributed by atoms with van der Waals surface area (Å²) in [5.74, 6) is 0.0525. The van der Waals surface area contributed by atoms with Crippen LogP contribution >= 0.6 is 15.9 Å². The van der Waals surface area contributed by atoms with Gasteiger partial charge in [0, 0.05) is 11.0 Å². The van der Waals surface area contributed by atoms with Gasteiger partial charge in [-0.1, -0.05) is 22.9 Å². The molecule has 0 aliphatic heterocycles. The minimum absolute atomic E-state index is 0.0525. The highest BCUT2D eigenvalue weighted by molar-refractivity contribution is 9.10. The van der Waals surface area contributed by atoms with Crippen molar-refractivity contribution in [2.75, 3.05) is 13.1 Å². The van der Waals surface area contributed by atoms with Crippen LogP contribution < -0.4 is 0 Å². The largest absolute Gasteiger partial charge is 0.508 e. The molecule has 0 heterocycles. The molecular formula is C12H15BrF3NO. The number of hydrogen-bond acceptors (Lipinski definition) is 2. The van der Waals surface area contributed by atoms with Gasteiger partial charge in [-0.25, -0.2) is 0 Å². The summed E-state index contributed by atoms with van der Waals surface area (Å²) >= 11 is 3.27. The fourth-order valence-electron chi connectivity index (χ4n) is 1.71. The Bertz CT molecular complexity index is 395. The fraction of sp³-hybridized carbons (Fsp3) is 0.500. The monoisotopic (exact) mass is 325 g/mol. The van der Waals surface area contributed by atoms with Gasteiger partial charge in [0.25, 0.3) is 0 Å². The standard InChI is InChI=1S/C12H15BrF3NO/c1-2-5-17(8-12(14,15)16)7-9-6-10(18)3-4-11(9)13/h3-4,6,18H,2,5,7-8H2,1H3. The molecule has 0 aromatic heterocycles. The van der Waals surface area contributed by atoms with Crippen molar-refractivity contribution in [2.45, 2.75) is 26.1 Å². The van der Waals surface area contributed by atoms with Crippen molar-refractivity contribution < 1.29 is 18.3 Å². The first kappa shape index (κ1) is 15.3. The summed E-state index contributed by atoms with van der Waals surface area (Å²) in [6.07, 6.45) is -3.56. The first-order valence-electron chi connectivity index (χ1n) is 5.58. The lowest BCUT2D eigenvalue weighted by atomic mass is 10.2. The molecule has 0 fully saturated rings. The molecule has 0 bridgehead atoms. The zero-order chi connectivity index (χ0) is 13.8. The number of halogens is 4. The summed E-state index contributed by atoms with van der Waals surface area (Å²) in [6, 6.07) is 4.59. The molecule has 1 aromatic rings. The second-order valence-corrected chi connectivity index (χ2v) is 4.96. The molecule has 0 unspecified atom stereocenters. The van der Waals surface area contributed by atoms with Crippen LogP contribution in [0.1, 0.15) is 18.9 Å². The van der Waals surface area contributed by atoms with Crippen LogP contribution in [-0.4, -0.2) is 29.3 Å². The van der Waals surface area contributed by atoms with Crippen molar-refractivity contribution in [1.29, 1.82) is 0 Å². The van der Waals surface area contributed by atoms with Crippen LogP contribution in [0.15, 0.2) is 22.7 Å². The van der Waals surface area contributed by atoms with E-state index < -0.39 is 12.7 Å². The van der Waals surface area contributed by atoms with Crippen LogP contribution in [0.3, 0.4) is 0 Å². The average molecular weight is 326 g/mol. The van der Waals surface area contributed by atoms with Gasteiger partial charge in [0.15, 0.2) is 0 Å². The molecule has 2 nitrogen and oxygen atoms in total. The van der Waals surface area contributed by atoms with Crippen LogP contribution in [0.5, 0.6) is 5.75 Å². The average Bonchev–Trinajstić information content (AvgIpc) is 2.21. The van der Waals surface area contributed by atoms with Crippen molar-refractivity contribution in [3.63, 3.8) is 0 Å². The minimum Gasteiger partial charge on any atom is -0.508 e. The maximum Gasteiger partial charge on any atom is 0.401 e. The molecule has 1 N–H and O–H groups in total. The molecule has 0 spiro atoms. The minimum atomic E-state index is -4.21. The molecule has 0 saturated heterocycles. The number of hydrogen-bond donors (Lipinski definition) is 1. The van der Waals surface area contributed by atoms with Crippen LogP contribution in [0, 0.1) is 0 Å². The first-order valence-corrected chi connectivity index (χ1v) is 6.37. The number of alkyl halides is 3. The molecule has 0 aliphatic carbocycles. The van der Waals surface area contributed by atoms with Crippen molar-refractivity contribution in [2.24, 2.45) is 0 Å². The lowest BCUT2D eigenvalue weighted by Gasteiger charge is -2.23. The van der Waals surface area contributed by atoms with E-state index in [2.05, 4.69) is 15.9 Å². The van der Waals surface area contributed by atoms with E-state index in [1.54, 1.807) is 6.07 Å². The van der Waals surface area contributed by atoms with Crippen LogP contribution in [-0.2, 0) is 6.54 Å². The number of nitrogens with zero attached hydrogens (tertiary/aromatic N) is 1. The molecular weight excluding hydrogens is 311 g/mol. The normalized spacial score (nSPS) is 12.1. The Kier molecular flexibility index (Phi) is 5.47. The van der Waals surface area contributed by atoms with Gasteiger partial charge in [0.1, 0.15) is 5.75 Å². The molecule has 1 rings (SSSR count). The van der Waals surface area contributed by atoms with E-state index in [0.29, 0.717) is 23.0 Å². The molecule has 1 aromatic carbocycles. The SMILES string of the molecule is CCCN(Cc1cc(O)ccc1Br)CC(F)(F)F. The van der Waals surface area contributed by atoms with Gasteiger partial charge in [-0.15, -0.1) is 0 Å². The molecule has 0 saturated carbocycles. The van der Waals surface area contributed by atoms with Crippen LogP contribution in [0.2, 0.25) is 0 Å². The van der Waals surface area contributed by atoms with E-state index in [1.807, 2.05) is 6.92 Å². The van der Waals surface area contributed by atoms with Gasteiger partial charge in [0.05, 0.1) is 6.54 Å². The zero-order valence-electron chi connectivity index (χ0n) is 9.97. The van der Waals surface area contributed by atoms with Crippen molar-refractivity contribution in [3.8, 4) is 5.75 Å². The third kappa shape index (κ3) is 5.27. The Morgan fingerprint density at radius 1 is 1.33 bits per heavy atom. The second-order valence-electron chi connectivity index (χ2n) is 4.10. The van der Waals surface area contributed by atoms with Gasteiger partial charge in [0.2, 0.25) is 0 Å². The number of rotatable bonds is 5. The van der Waals surface area contributed by atoms with Crippen molar-refractivity contribution >= 4 is 15.9 Å². The predicted octanol–water partition coefficient (Wildman–Crippen LogP) is 3.93. The number of phenols is 1. The second kappa shape index (κ2) is 6.43. The van der Waals surface area contributed by atoms with Gasteiger partial charge >= 0.3 is 6.18 Å². The molecule has 6 heteroatoms. The number of benzene rings is 1. The third-order valence-corrected chi connectivity index (χ3v) is 3.14. The number of aromatic hydroxyl groups is 1. The molecule has 0 aliphatic rings. The van der Waals surface area contributed by atoms with Gasteiger partial charge in [-0.3, -0.25) is 4.90 Å². The lowest BCUT2D eigenvalue weighted by molar-refractivity contribution is -0.147. The quantitative estimate of drug-likeness (QED) is 0.886. The van der Waals surface area contributed by atoms with Crippen molar-refractivity contribution in [1.82, 2.24) is 4.90 Å². The number of phenolic OH excluding ortho intramolecular Hbond substituents is 1. The summed E-state index contributed by atoms with van der Waals surface area (Å²) in [4.78, 5) is 1.32. The van der Waals surface area contributed by atoms with E-state index in [4.69, 9.17) is 0 Å². The molecule has 0 atom stereocenters. The highest BCUT2D eigenvalue weighted by atomic mass is 79.9. The van der Waals surface area contributed by atoms with Gasteiger partial charge < -0.3 is 5.11 Å². The summed E-state index contributed by atoms with van der Waals surface area (Å²) in [6.45, 7) is 1.41. The van der Waals surface area contributed by atoms with E-state index in [0.717, 1.165) is 0 Å². The molecule has 0 amide bonds. The van der Waals surface area contributed by atoms with E-state index in [-0.39, 0.29) is 12.3 Å². The maximum absolute atomic E-state index is 12.4. The van der Waals surface area contributed by atoms with E-state index >= 15 is 0 Å². The van der Waals surface area contributed by atoms with Gasteiger partial charge in [-0.2, -0.15) is 13.2 Å². The fourth-order valence-corrected chi connectivity index (χ4v) is 2.08. The molecule has 18 heavy (non-hydrogen) atoms. The Morgan fingerprint density at radius 2 is 2.00 bits per heavy atom. The maximum atomic E-state index is 12.4. The Morgan fingerprint density at radius 3 is 2.56 bits per heavy atom. The zero-order valence-corrected chi connectivity index (χ0v) is 11.6. The topological polar surface area (TPSA) is 23.5 Å².